The molecule has 1 aromatic heterocycles. The molecule has 1 aromatic carbocycles. The fourth-order valence-corrected chi connectivity index (χ4v) is 2.74. The van der Waals surface area contributed by atoms with Gasteiger partial charge in [-0.05, 0) is 29.1 Å². The Labute approximate surface area is 148 Å². The van der Waals surface area contributed by atoms with Gasteiger partial charge in [-0.25, -0.2) is 9.67 Å². The molecule has 2 aromatic rings. The van der Waals surface area contributed by atoms with E-state index in [0.717, 1.165) is 18.4 Å². The Morgan fingerprint density at radius 2 is 1.88 bits per heavy atom. The van der Waals surface area contributed by atoms with Gasteiger partial charge < -0.3 is 4.74 Å². The van der Waals surface area contributed by atoms with Crippen LogP contribution in [0.15, 0.2) is 35.7 Å². The molecule has 7 nitrogen and oxygen atoms in total. The lowest BCUT2D eigenvalue weighted by atomic mass is 9.94. The van der Waals surface area contributed by atoms with E-state index in [1.165, 1.54) is 30.6 Å². The van der Waals surface area contributed by atoms with Gasteiger partial charge in [0, 0.05) is 4.91 Å². The third kappa shape index (κ3) is 5.13. The highest BCUT2D eigenvalue weighted by molar-refractivity contribution is 5.27. The summed E-state index contributed by atoms with van der Waals surface area (Å²) in [6.07, 6.45) is -1.72. The molecule has 0 radical (unpaired) electrons. The molecular formula is C16H19F3N6O. The Morgan fingerprint density at radius 3 is 2.42 bits per heavy atom. The van der Waals surface area contributed by atoms with Crippen molar-refractivity contribution in [2.45, 2.75) is 45.6 Å². The van der Waals surface area contributed by atoms with Crippen LogP contribution in [0.1, 0.15) is 44.1 Å². The summed E-state index contributed by atoms with van der Waals surface area (Å²) in [6, 6.07) is 5.07. The maximum atomic E-state index is 12.2. The molecule has 0 aliphatic rings. The fourth-order valence-electron chi connectivity index (χ4n) is 2.74. The first-order chi connectivity index (χ1) is 12.4. The molecule has 0 saturated carbocycles. The SMILES string of the molecule is CCC(CC)C(N=[N+]=[N-])c1ncnn1Cc1ccc(OC(F)(F)F)cc1. The Bertz CT molecular complexity index is 748. The standard InChI is InChI=1S/C16H19F3N6O/c1-3-12(4-2)14(23-24-20)15-21-10-22-25(15)9-11-5-7-13(8-6-11)26-16(17,18)19/h5-8,10,12,14H,3-4,9H2,1-2H3. The zero-order valence-corrected chi connectivity index (χ0v) is 14.4. The predicted molar refractivity (Wildman–Crippen MR) is 88.2 cm³/mol. The number of azide groups is 1. The highest BCUT2D eigenvalue weighted by Crippen LogP contribution is 2.30. The van der Waals surface area contributed by atoms with Crippen LogP contribution >= 0.6 is 0 Å². The first-order valence-corrected chi connectivity index (χ1v) is 8.14. The van der Waals surface area contributed by atoms with Gasteiger partial charge in [0.25, 0.3) is 0 Å². The number of hydrogen-bond acceptors (Lipinski definition) is 4. The van der Waals surface area contributed by atoms with Gasteiger partial charge in [0.1, 0.15) is 17.9 Å². The van der Waals surface area contributed by atoms with E-state index < -0.39 is 12.4 Å². The van der Waals surface area contributed by atoms with Gasteiger partial charge in [-0.3, -0.25) is 0 Å². The molecule has 1 heterocycles. The van der Waals surface area contributed by atoms with Crippen LogP contribution in [0.25, 0.3) is 10.4 Å². The van der Waals surface area contributed by atoms with Crippen LogP contribution in [0.3, 0.4) is 0 Å². The molecule has 0 spiro atoms. The summed E-state index contributed by atoms with van der Waals surface area (Å²) < 4.78 is 42.1. The van der Waals surface area contributed by atoms with E-state index in [9.17, 15) is 13.2 Å². The monoisotopic (exact) mass is 368 g/mol. The Morgan fingerprint density at radius 1 is 1.23 bits per heavy atom. The van der Waals surface area contributed by atoms with Crippen molar-refractivity contribution in [1.82, 2.24) is 14.8 Å². The van der Waals surface area contributed by atoms with E-state index >= 15 is 0 Å². The van der Waals surface area contributed by atoms with Crippen molar-refractivity contribution in [2.75, 3.05) is 0 Å². The van der Waals surface area contributed by atoms with Gasteiger partial charge >= 0.3 is 6.36 Å². The number of halogens is 3. The quantitative estimate of drug-likeness (QED) is 0.372. The van der Waals surface area contributed by atoms with Crippen LogP contribution in [-0.2, 0) is 6.54 Å². The summed E-state index contributed by atoms with van der Waals surface area (Å²) in [5.41, 5.74) is 9.59. The summed E-state index contributed by atoms with van der Waals surface area (Å²) in [5.74, 6) is 0.368. The average Bonchev–Trinajstić information content (AvgIpc) is 3.03. The zero-order valence-electron chi connectivity index (χ0n) is 14.4. The molecule has 0 aliphatic carbocycles. The van der Waals surface area contributed by atoms with Crippen LogP contribution in [0.5, 0.6) is 5.75 Å². The summed E-state index contributed by atoms with van der Waals surface area (Å²) in [4.78, 5) is 7.15. The number of ether oxygens (including phenoxy) is 1. The van der Waals surface area contributed by atoms with Gasteiger partial charge in [0.2, 0.25) is 0 Å². The van der Waals surface area contributed by atoms with Crippen molar-refractivity contribution in [3.05, 3.63) is 52.4 Å². The summed E-state index contributed by atoms with van der Waals surface area (Å²) in [7, 11) is 0. The van der Waals surface area contributed by atoms with Gasteiger partial charge in [-0.15, -0.1) is 13.2 Å². The lowest BCUT2D eigenvalue weighted by Crippen LogP contribution is -2.17. The average molecular weight is 368 g/mol. The molecule has 0 saturated heterocycles. The molecule has 140 valence electrons. The number of alkyl halides is 3. The molecule has 1 atom stereocenters. The number of benzene rings is 1. The Balaban J connectivity index is 2.21. The molecule has 10 heteroatoms. The molecule has 0 fully saturated rings. The molecule has 2 rings (SSSR count). The van der Waals surface area contributed by atoms with E-state index in [4.69, 9.17) is 5.53 Å². The van der Waals surface area contributed by atoms with Crippen molar-refractivity contribution >= 4 is 0 Å². The normalized spacial score (nSPS) is 12.7. The van der Waals surface area contributed by atoms with E-state index in [0.29, 0.717) is 12.4 Å². The molecule has 26 heavy (non-hydrogen) atoms. The number of nitrogens with zero attached hydrogens (tertiary/aromatic N) is 6. The predicted octanol–water partition coefficient (Wildman–Crippen LogP) is 5.01. The minimum Gasteiger partial charge on any atom is -0.406 e. The van der Waals surface area contributed by atoms with E-state index in [1.807, 2.05) is 13.8 Å². The molecule has 1 unspecified atom stereocenters. The number of aromatic nitrogens is 3. The van der Waals surface area contributed by atoms with Crippen LogP contribution < -0.4 is 4.74 Å². The van der Waals surface area contributed by atoms with Crippen LogP contribution in [0.2, 0.25) is 0 Å². The second-order valence-corrected chi connectivity index (χ2v) is 5.69. The third-order valence-electron chi connectivity index (χ3n) is 4.07. The second kappa shape index (κ2) is 8.57. The second-order valence-electron chi connectivity index (χ2n) is 5.69. The van der Waals surface area contributed by atoms with E-state index in [-0.39, 0.29) is 11.7 Å². The molecule has 0 N–H and O–H groups in total. The van der Waals surface area contributed by atoms with Gasteiger partial charge in [-0.2, -0.15) is 5.10 Å². The van der Waals surface area contributed by atoms with Crippen LogP contribution in [0.4, 0.5) is 13.2 Å². The molecule has 0 aliphatic heterocycles. The zero-order chi connectivity index (χ0) is 19.2. The third-order valence-corrected chi connectivity index (χ3v) is 4.07. The maximum Gasteiger partial charge on any atom is 0.573 e. The number of hydrogen-bond donors (Lipinski definition) is 0. The highest BCUT2D eigenvalue weighted by Gasteiger charge is 2.31. The Hall–Kier alpha value is -2.74. The molecule has 0 amide bonds. The smallest absolute Gasteiger partial charge is 0.406 e. The van der Waals surface area contributed by atoms with Crippen molar-refractivity contribution in [3.8, 4) is 5.75 Å². The largest absolute Gasteiger partial charge is 0.573 e. The first-order valence-electron chi connectivity index (χ1n) is 8.14. The lowest BCUT2D eigenvalue weighted by Gasteiger charge is -2.20. The minimum absolute atomic E-state index is 0.122. The van der Waals surface area contributed by atoms with Gasteiger partial charge in [0.15, 0.2) is 0 Å². The maximum absolute atomic E-state index is 12.2. The fraction of sp³-hybridized carbons (Fsp3) is 0.500. The number of rotatable bonds is 8. The molecule has 0 bridgehead atoms. The summed E-state index contributed by atoms with van der Waals surface area (Å²) in [6.45, 7) is 4.31. The minimum atomic E-state index is -4.72. The topological polar surface area (TPSA) is 88.7 Å². The van der Waals surface area contributed by atoms with Crippen LogP contribution in [-0.4, -0.2) is 21.1 Å². The van der Waals surface area contributed by atoms with Crippen LogP contribution in [0, 0.1) is 5.92 Å². The van der Waals surface area contributed by atoms with E-state index in [2.05, 4.69) is 24.8 Å². The first kappa shape index (κ1) is 19.6. The Kier molecular flexibility index (Phi) is 6.46. The van der Waals surface area contributed by atoms with Gasteiger partial charge in [0.05, 0.1) is 12.6 Å². The van der Waals surface area contributed by atoms with Gasteiger partial charge in [-0.1, -0.05) is 43.9 Å². The lowest BCUT2D eigenvalue weighted by molar-refractivity contribution is -0.274. The van der Waals surface area contributed by atoms with Crippen molar-refractivity contribution in [1.29, 1.82) is 0 Å². The van der Waals surface area contributed by atoms with Crippen molar-refractivity contribution in [2.24, 2.45) is 11.0 Å². The molecular weight excluding hydrogens is 349 g/mol. The van der Waals surface area contributed by atoms with Crippen molar-refractivity contribution in [3.63, 3.8) is 0 Å². The summed E-state index contributed by atoms with van der Waals surface area (Å²) in [5, 5.41) is 8.04. The summed E-state index contributed by atoms with van der Waals surface area (Å²) >= 11 is 0. The van der Waals surface area contributed by atoms with Crippen molar-refractivity contribution < 1.29 is 17.9 Å². The van der Waals surface area contributed by atoms with E-state index in [1.54, 1.807) is 4.68 Å². The highest BCUT2D eigenvalue weighted by atomic mass is 19.4.